The van der Waals surface area contributed by atoms with Crippen LogP contribution in [0.3, 0.4) is 0 Å². The van der Waals surface area contributed by atoms with Gasteiger partial charge in [-0.2, -0.15) is 0 Å². The predicted molar refractivity (Wildman–Crippen MR) is 86.5 cm³/mol. The van der Waals surface area contributed by atoms with Crippen LogP contribution in [0.25, 0.3) is 0 Å². The van der Waals surface area contributed by atoms with Gasteiger partial charge in [0.2, 0.25) is 0 Å². The maximum atomic E-state index is 11.6. The molecule has 2 N–H and O–H groups in total. The zero-order valence-corrected chi connectivity index (χ0v) is 13.2. The summed E-state index contributed by atoms with van der Waals surface area (Å²) in [6, 6.07) is 9.87. The molecule has 23 heavy (non-hydrogen) atoms. The van der Waals surface area contributed by atoms with Crippen LogP contribution in [0.4, 0.5) is 4.79 Å². The van der Waals surface area contributed by atoms with Crippen LogP contribution in [0.5, 0.6) is 0 Å². The van der Waals surface area contributed by atoms with Crippen molar-refractivity contribution in [1.82, 2.24) is 5.32 Å². The molecule has 6 nitrogen and oxygen atoms in total. The molecule has 0 bridgehead atoms. The van der Waals surface area contributed by atoms with Gasteiger partial charge in [0.1, 0.15) is 6.04 Å². The van der Waals surface area contributed by atoms with E-state index in [1.807, 2.05) is 0 Å². The number of amides is 1. The van der Waals surface area contributed by atoms with Crippen LogP contribution in [-0.2, 0) is 0 Å². The Morgan fingerprint density at radius 1 is 1.00 bits per heavy atom. The average molecular weight is 355 g/mol. The van der Waals surface area contributed by atoms with Gasteiger partial charge in [0, 0.05) is 20.5 Å². The Hall–Kier alpha value is -2.31. The molecule has 0 aliphatic heterocycles. The Balaban J connectivity index is 2.48. The number of hydrogen-bond acceptors (Lipinski definition) is 3. The Kier molecular flexibility index (Phi) is 5.41. The molecule has 0 aliphatic carbocycles. The molecule has 0 unspecified atom stereocenters. The van der Waals surface area contributed by atoms with Crippen molar-refractivity contribution in [3.63, 3.8) is 0 Å². The van der Waals surface area contributed by atoms with Crippen molar-refractivity contribution in [2.24, 2.45) is 0 Å². The highest BCUT2D eigenvalue weighted by atomic mass is 35.5. The minimum absolute atomic E-state index is 0.341. The Morgan fingerprint density at radius 3 is 1.83 bits per heavy atom. The zero-order valence-electron chi connectivity index (χ0n) is 11.6. The van der Waals surface area contributed by atoms with E-state index in [1.54, 1.807) is 24.3 Å². The smallest absolute Gasteiger partial charge is 0.405 e. The Bertz CT molecular complexity index is 704. The Labute approximate surface area is 141 Å². The van der Waals surface area contributed by atoms with E-state index < -0.39 is 23.1 Å². The predicted octanol–water partition coefficient (Wildman–Crippen LogP) is 4.32. The van der Waals surface area contributed by atoms with Gasteiger partial charge in [-0.25, -0.2) is 4.79 Å². The minimum Gasteiger partial charge on any atom is -0.465 e. The van der Waals surface area contributed by atoms with Gasteiger partial charge in [-0.05, 0) is 29.8 Å². The van der Waals surface area contributed by atoms with E-state index in [-0.39, 0.29) is 0 Å². The maximum Gasteiger partial charge on any atom is 0.405 e. The van der Waals surface area contributed by atoms with Gasteiger partial charge in [-0.1, -0.05) is 47.5 Å². The molecule has 0 radical (unpaired) electrons. The topological polar surface area (TPSA) is 92.5 Å². The number of nitrogens with one attached hydrogen (secondary N) is 1. The number of carboxylic acid groups (broad SMARTS) is 1. The second-order valence-corrected chi connectivity index (χ2v) is 5.63. The third kappa shape index (κ3) is 4.34. The van der Waals surface area contributed by atoms with E-state index >= 15 is 0 Å². The van der Waals surface area contributed by atoms with E-state index in [0.717, 1.165) is 0 Å². The van der Waals surface area contributed by atoms with Gasteiger partial charge in [0.05, 0.1) is 0 Å². The van der Waals surface area contributed by atoms with Gasteiger partial charge in [-0.15, -0.1) is 0 Å². The summed E-state index contributed by atoms with van der Waals surface area (Å²) in [5.41, 5.74) is 0.779. The molecule has 1 amide bonds. The fraction of sp³-hybridized carbons (Fsp3) is 0.133. The quantitative estimate of drug-likeness (QED) is 0.617. The standard InChI is InChI=1S/C15H12Cl2N2O4/c16-11-5-1-9(2-6-11)13(18-15(20)21)14(19(22)23)10-3-7-12(17)8-4-10/h1-8,13-14,18H,(H,20,21)/t13-,14-/m1/s1. The summed E-state index contributed by atoms with van der Waals surface area (Å²) in [6.07, 6.45) is -1.36. The Morgan fingerprint density at radius 2 is 1.43 bits per heavy atom. The van der Waals surface area contributed by atoms with Crippen molar-refractivity contribution in [1.29, 1.82) is 0 Å². The third-order valence-electron chi connectivity index (χ3n) is 3.26. The average Bonchev–Trinajstić information content (AvgIpc) is 2.48. The number of hydrogen-bond donors (Lipinski definition) is 2. The molecule has 0 saturated carbocycles. The first kappa shape index (κ1) is 17.1. The first-order valence-corrected chi connectivity index (χ1v) is 7.28. The molecular formula is C15H12Cl2N2O4. The van der Waals surface area contributed by atoms with Gasteiger partial charge in [0.15, 0.2) is 0 Å². The normalized spacial score (nSPS) is 13.1. The lowest BCUT2D eigenvalue weighted by molar-refractivity contribution is -0.534. The van der Waals surface area contributed by atoms with Crippen LogP contribution in [0, 0.1) is 10.1 Å². The fourth-order valence-electron chi connectivity index (χ4n) is 2.24. The van der Waals surface area contributed by atoms with Gasteiger partial charge >= 0.3 is 6.09 Å². The van der Waals surface area contributed by atoms with Gasteiger partial charge in [0.25, 0.3) is 6.04 Å². The van der Waals surface area contributed by atoms with E-state index in [4.69, 9.17) is 28.3 Å². The third-order valence-corrected chi connectivity index (χ3v) is 3.77. The number of nitro groups is 1. The van der Waals surface area contributed by atoms with Crippen molar-refractivity contribution in [3.8, 4) is 0 Å². The molecule has 2 atom stereocenters. The van der Waals surface area contributed by atoms with E-state index in [9.17, 15) is 14.9 Å². The summed E-state index contributed by atoms with van der Waals surface area (Å²) in [7, 11) is 0. The highest BCUT2D eigenvalue weighted by Crippen LogP contribution is 2.32. The van der Waals surface area contributed by atoms with Crippen molar-refractivity contribution in [2.75, 3.05) is 0 Å². The van der Waals surface area contributed by atoms with Crippen LogP contribution >= 0.6 is 23.2 Å². The van der Waals surface area contributed by atoms with Crippen molar-refractivity contribution >= 4 is 29.3 Å². The van der Waals surface area contributed by atoms with Crippen molar-refractivity contribution in [2.45, 2.75) is 12.1 Å². The summed E-state index contributed by atoms with van der Waals surface area (Å²) < 4.78 is 0. The first-order chi connectivity index (χ1) is 10.9. The molecule has 0 aliphatic rings. The van der Waals surface area contributed by atoms with E-state index in [0.29, 0.717) is 21.2 Å². The number of carbonyl (C=O) groups is 1. The summed E-state index contributed by atoms with van der Waals surface area (Å²) in [4.78, 5) is 22.1. The van der Waals surface area contributed by atoms with Crippen LogP contribution < -0.4 is 5.32 Å². The van der Waals surface area contributed by atoms with Crippen LogP contribution in [-0.4, -0.2) is 16.1 Å². The van der Waals surface area contributed by atoms with E-state index in [2.05, 4.69) is 5.32 Å². The summed E-state index contributed by atoms with van der Waals surface area (Å²) in [5, 5.41) is 23.7. The molecular weight excluding hydrogens is 343 g/mol. The molecule has 0 spiro atoms. The number of rotatable bonds is 5. The largest absolute Gasteiger partial charge is 0.465 e. The lowest BCUT2D eigenvalue weighted by atomic mass is 9.94. The SMILES string of the molecule is O=C(O)N[C@H](c1ccc(Cl)cc1)[C@@H](c1ccc(Cl)cc1)[N+](=O)[O-]. The molecule has 0 fully saturated rings. The molecule has 0 aromatic heterocycles. The first-order valence-electron chi connectivity index (χ1n) is 6.52. The highest BCUT2D eigenvalue weighted by molar-refractivity contribution is 6.30. The van der Waals surface area contributed by atoms with Crippen molar-refractivity contribution < 1.29 is 14.8 Å². The highest BCUT2D eigenvalue weighted by Gasteiger charge is 2.35. The van der Waals surface area contributed by atoms with E-state index in [1.165, 1.54) is 24.3 Å². The second-order valence-electron chi connectivity index (χ2n) is 4.76. The number of benzene rings is 2. The number of halogens is 2. The summed E-state index contributed by atoms with van der Waals surface area (Å²) in [5.74, 6) is 0. The lowest BCUT2D eigenvalue weighted by Crippen LogP contribution is -2.34. The molecule has 0 saturated heterocycles. The minimum atomic E-state index is -1.36. The second kappa shape index (κ2) is 7.30. The number of nitrogens with zero attached hydrogens (tertiary/aromatic N) is 1. The summed E-state index contributed by atoms with van der Waals surface area (Å²) >= 11 is 11.6. The zero-order chi connectivity index (χ0) is 17.0. The monoisotopic (exact) mass is 354 g/mol. The molecule has 120 valence electrons. The lowest BCUT2D eigenvalue weighted by Gasteiger charge is -2.21. The molecule has 2 aromatic rings. The molecule has 2 rings (SSSR count). The maximum absolute atomic E-state index is 11.6. The van der Waals surface area contributed by atoms with Gasteiger partial charge in [-0.3, -0.25) is 10.1 Å². The molecule has 2 aromatic carbocycles. The molecule has 0 heterocycles. The summed E-state index contributed by atoms with van der Waals surface area (Å²) in [6.45, 7) is 0. The van der Waals surface area contributed by atoms with Crippen LogP contribution in [0.2, 0.25) is 10.0 Å². The molecule has 8 heteroatoms. The van der Waals surface area contributed by atoms with Crippen LogP contribution in [0.15, 0.2) is 48.5 Å². The fourth-order valence-corrected chi connectivity index (χ4v) is 2.50. The van der Waals surface area contributed by atoms with Gasteiger partial charge < -0.3 is 10.4 Å². The van der Waals surface area contributed by atoms with Crippen LogP contribution in [0.1, 0.15) is 23.2 Å². The van der Waals surface area contributed by atoms with Crippen molar-refractivity contribution in [3.05, 3.63) is 79.8 Å².